The lowest BCUT2D eigenvalue weighted by Gasteiger charge is -2.27. The second-order valence-electron chi connectivity index (χ2n) is 8.87. The average molecular weight is 510 g/mol. The van der Waals surface area contributed by atoms with Crippen LogP contribution in [0.25, 0.3) is 0 Å². The van der Waals surface area contributed by atoms with E-state index in [1.807, 2.05) is 50.6 Å². The van der Waals surface area contributed by atoms with Crippen LogP contribution in [0.2, 0.25) is 0 Å². The molecule has 1 saturated carbocycles. The molecule has 0 saturated heterocycles. The highest BCUT2D eigenvalue weighted by Crippen LogP contribution is 2.33. The van der Waals surface area contributed by atoms with Crippen LogP contribution in [0.5, 0.6) is 0 Å². The summed E-state index contributed by atoms with van der Waals surface area (Å²) in [6, 6.07) is 12.6. The van der Waals surface area contributed by atoms with Crippen molar-refractivity contribution in [3.05, 3.63) is 60.3 Å². The monoisotopic (exact) mass is 509 g/mol. The van der Waals surface area contributed by atoms with Crippen molar-refractivity contribution in [2.75, 3.05) is 36.7 Å². The first kappa shape index (κ1) is 27.2. The molecule has 192 valence electrons. The molecule has 36 heavy (non-hydrogen) atoms. The maximum absolute atomic E-state index is 10.8. The minimum Gasteiger partial charge on any atom is -0.376 e. The third-order valence-corrected chi connectivity index (χ3v) is 7.06. The third-order valence-electron chi connectivity index (χ3n) is 5.98. The smallest absolute Gasteiger partial charge is 0.288 e. The van der Waals surface area contributed by atoms with Gasteiger partial charge < -0.3 is 20.3 Å². The standard InChI is InChI=1S/C16H25N3OS.C10H10N4O/c1-18(2)14-12-17-16(11-15(14)21-10-6-9-20)19(3)13-7-4-5-8-13;11-9(15)10-12-7-14(13-10)6-8-4-2-1-3-5-8/h9,11-13H,4-8,10H2,1-3H3;1-5,7H,6H2,(H2,11,15). The molecule has 1 aliphatic carbocycles. The minimum atomic E-state index is -0.609. The zero-order chi connectivity index (χ0) is 25.9. The lowest BCUT2D eigenvalue weighted by atomic mass is 10.2. The molecule has 9 nitrogen and oxygen atoms in total. The molecule has 2 aromatic heterocycles. The number of carbonyl (C=O) groups is 2. The number of anilines is 2. The van der Waals surface area contributed by atoms with Crippen molar-refractivity contribution in [3.8, 4) is 0 Å². The normalized spacial score (nSPS) is 13.1. The van der Waals surface area contributed by atoms with Crippen LogP contribution in [-0.4, -0.2) is 64.9 Å². The molecule has 0 aliphatic heterocycles. The number of carbonyl (C=O) groups excluding carboxylic acids is 2. The van der Waals surface area contributed by atoms with Gasteiger partial charge >= 0.3 is 0 Å². The van der Waals surface area contributed by atoms with Gasteiger partial charge in [0.15, 0.2) is 0 Å². The number of aromatic nitrogens is 4. The van der Waals surface area contributed by atoms with Crippen molar-refractivity contribution in [1.29, 1.82) is 0 Å². The molecule has 1 amide bonds. The maximum Gasteiger partial charge on any atom is 0.288 e. The van der Waals surface area contributed by atoms with E-state index in [1.54, 1.807) is 16.4 Å². The molecule has 10 heteroatoms. The van der Waals surface area contributed by atoms with Crippen molar-refractivity contribution in [2.24, 2.45) is 5.73 Å². The SMILES string of the molecule is CN(C)c1cnc(N(C)C2CCCC2)cc1SCCC=O.NC(=O)c1ncn(Cc2ccccc2)n1. The minimum absolute atomic E-state index is 0.0472. The van der Waals surface area contributed by atoms with Gasteiger partial charge in [-0.3, -0.25) is 4.79 Å². The van der Waals surface area contributed by atoms with Crippen LogP contribution in [0, 0.1) is 0 Å². The summed E-state index contributed by atoms with van der Waals surface area (Å²) in [4.78, 5) is 35.3. The number of pyridine rings is 1. The molecule has 1 aliphatic rings. The number of hydrogen-bond acceptors (Lipinski definition) is 8. The number of hydrogen-bond donors (Lipinski definition) is 1. The van der Waals surface area contributed by atoms with Crippen LogP contribution in [0.15, 0.2) is 53.8 Å². The Morgan fingerprint density at radius 3 is 2.50 bits per heavy atom. The molecule has 1 fully saturated rings. The molecular formula is C26H35N7O2S. The van der Waals surface area contributed by atoms with Crippen LogP contribution in [0.4, 0.5) is 11.5 Å². The number of benzene rings is 1. The molecule has 4 rings (SSSR count). The lowest BCUT2D eigenvalue weighted by molar-refractivity contribution is -0.107. The first-order valence-corrected chi connectivity index (χ1v) is 13.1. The average Bonchev–Trinajstić information content (AvgIpc) is 3.57. The summed E-state index contributed by atoms with van der Waals surface area (Å²) < 4.78 is 1.58. The highest BCUT2D eigenvalue weighted by molar-refractivity contribution is 7.99. The summed E-state index contributed by atoms with van der Waals surface area (Å²) in [7, 11) is 6.20. The molecule has 0 spiro atoms. The van der Waals surface area contributed by atoms with E-state index in [0.717, 1.165) is 29.1 Å². The zero-order valence-electron chi connectivity index (χ0n) is 21.2. The Morgan fingerprint density at radius 2 is 1.89 bits per heavy atom. The van der Waals surface area contributed by atoms with Crippen LogP contribution < -0.4 is 15.5 Å². The Hall–Kier alpha value is -3.40. The summed E-state index contributed by atoms with van der Waals surface area (Å²) in [5, 5.41) is 3.94. The van der Waals surface area contributed by atoms with Crippen molar-refractivity contribution < 1.29 is 9.59 Å². The number of aldehydes is 1. The Balaban J connectivity index is 0.000000212. The van der Waals surface area contributed by atoms with Gasteiger partial charge in [0.2, 0.25) is 5.82 Å². The van der Waals surface area contributed by atoms with Gasteiger partial charge in [0, 0.05) is 44.3 Å². The van der Waals surface area contributed by atoms with Gasteiger partial charge in [0.25, 0.3) is 5.91 Å². The van der Waals surface area contributed by atoms with Crippen LogP contribution in [-0.2, 0) is 11.3 Å². The molecule has 0 atom stereocenters. The predicted molar refractivity (Wildman–Crippen MR) is 145 cm³/mol. The summed E-state index contributed by atoms with van der Waals surface area (Å²) in [6.07, 6.45) is 10.2. The van der Waals surface area contributed by atoms with E-state index >= 15 is 0 Å². The van der Waals surface area contributed by atoms with Crippen molar-refractivity contribution in [2.45, 2.75) is 49.6 Å². The molecule has 2 heterocycles. The van der Waals surface area contributed by atoms with E-state index in [1.165, 1.54) is 36.9 Å². The highest BCUT2D eigenvalue weighted by Gasteiger charge is 2.21. The Bertz CT molecular complexity index is 1110. The fourth-order valence-electron chi connectivity index (χ4n) is 4.01. The van der Waals surface area contributed by atoms with Crippen molar-refractivity contribution in [3.63, 3.8) is 0 Å². The highest BCUT2D eigenvalue weighted by atomic mass is 32.2. The number of amides is 1. The van der Waals surface area contributed by atoms with Gasteiger partial charge in [-0.15, -0.1) is 16.9 Å². The number of primary amides is 1. The summed E-state index contributed by atoms with van der Waals surface area (Å²) >= 11 is 1.73. The fraction of sp³-hybridized carbons (Fsp3) is 0.423. The molecule has 0 unspecified atom stereocenters. The molecule has 0 bridgehead atoms. The van der Waals surface area contributed by atoms with Gasteiger partial charge in [-0.2, -0.15) is 0 Å². The topological polar surface area (TPSA) is 110 Å². The fourth-order valence-corrected chi connectivity index (χ4v) is 5.02. The summed E-state index contributed by atoms with van der Waals surface area (Å²) in [5.74, 6) is 1.30. The predicted octanol–water partition coefficient (Wildman–Crippen LogP) is 3.63. The summed E-state index contributed by atoms with van der Waals surface area (Å²) in [6.45, 7) is 0.584. The van der Waals surface area contributed by atoms with E-state index in [2.05, 4.69) is 38.0 Å². The van der Waals surface area contributed by atoms with E-state index in [4.69, 9.17) is 5.73 Å². The zero-order valence-corrected chi connectivity index (χ0v) is 22.0. The largest absolute Gasteiger partial charge is 0.376 e. The lowest BCUT2D eigenvalue weighted by Crippen LogP contribution is -2.29. The second kappa shape index (κ2) is 13.6. The maximum atomic E-state index is 10.8. The molecule has 2 N–H and O–H groups in total. The number of nitrogens with zero attached hydrogens (tertiary/aromatic N) is 6. The van der Waals surface area contributed by atoms with Crippen molar-refractivity contribution >= 4 is 35.5 Å². The quantitative estimate of drug-likeness (QED) is 0.251. The van der Waals surface area contributed by atoms with E-state index in [0.29, 0.717) is 19.0 Å². The van der Waals surface area contributed by atoms with E-state index < -0.39 is 5.91 Å². The Morgan fingerprint density at radius 1 is 1.17 bits per heavy atom. The third kappa shape index (κ3) is 7.81. The van der Waals surface area contributed by atoms with Gasteiger partial charge in [-0.05, 0) is 24.5 Å². The number of nitrogens with two attached hydrogens (primary N) is 1. The molecular weight excluding hydrogens is 474 g/mol. The van der Waals surface area contributed by atoms with Crippen LogP contribution in [0.3, 0.4) is 0 Å². The van der Waals surface area contributed by atoms with E-state index in [9.17, 15) is 9.59 Å². The summed E-state index contributed by atoms with van der Waals surface area (Å²) in [5.41, 5.74) is 7.26. The molecule has 3 aromatic rings. The Labute approximate surface area is 217 Å². The van der Waals surface area contributed by atoms with Gasteiger partial charge in [-0.1, -0.05) is 43.2 Å². The first-order chi connectivity index (χ1) is 17.4. The molecule has 1 aromatic carbocycles. The second-order valence-corrected chi connectivity index (χ2v) is 10.0. The molecule has 0 radical (unpaired) electrons. The van der Waals surface area contributed by atoms with Crippen LogP contribution >= 0.6 is 11.8 Å². The first-order valence-electron chi connectivity index (χ1n) is 12.1. The number of thioether (sulfide) groups is 1. The van der Waals surface area contributed by atoms with Crippen LogP contribution in [0.1, 0.15) is 48.3 Å². The number of rotatable bonds is 10. The van der Waals surface area contributed by atoms with Gasteiger partial charge in [-0.25, -0.2) is 14.6 Å². The van der Waals surface area contributed by atoms with E-state index in [-0.39, 0.29) is 5.82 Å². The Kier molecular flexibility index (Phi) is 10.3. The van der Waals surface area contributed by atoms with Gasteiger partial charge in [0.05, 0.1) is 18.4 Å². The van der Waals surface area contributed by atoms with Gasteiger partial charge in [0.1, 0.15) is 18.4 Å². The van der Waals surface area contributed by atoms with Crippen molar-refractivity contribution in [1.82, 2.24) is 19.7 Å².